The molecule has 3 aromatic rings. The van der Waals surface area contributed by atoms with Crippen LogP contribution in [-0.2, 0) is 0 Å². The third-order valence-corrected chi connectivity index (χ3v) is 4.93. The summed E-state index contributed by atoms with van der Waals surface area (Å²) in [6.45, 7) is 3.09. The van der Waals surface area contributed by atoms with E-state index in [1.165, 1.54) is 0 Å². The van der Waals surface area contributed by atoms with Gasteiger partial charge in [0.05, 0.1) is 16.2 Å². The Balaban J connectivity index is 1.74. The first-order valence-electron chi connectivity index (χ1n) is 8.58. The highest BCUT2D eigenvalue weighted by molar-refractivity contribution is 6.35. The molecule has 1 saturated heterocycles. The maximum Gasteiger partial charge on any atom is 0.254 e. The number of hydrogen-bond donors (Lipinski definition) is 2. The van der Waals surface area contributed by atoms with Crippen molar-refractivity contribution in [1.82, 2.24) is 15.2 Å². The lowest BCUT2D eigenvalue weighted by Gasteiger charge is -2.27. The number of halogens is 1. The van der Waals surface area contributed by atoms with Crippen LogP contribution in [0.3, 0.4) is 0 Å². The summed E-state index contributed by atoms with van der Waals surface area (Å²) < 4.78 is 0. The van der Waals surface area contributed by atoms with Crippen molar-refractivity contribution in [1.29, 1.82) is 0 Å². The minimum Gasteiger partial charge on any atom is -0.399 e. The van der Waals surface area contributed by atoms with Crippen molar-refractivity contribution >= 4 is 34.1 Å². The van der Waals surface area contributed by atoms with Crippen molar-refractivity contribution in [2.75, 3.05) is 31.9 Å². The number of nitrogen functional groups attached to an aromatic ring is 1. The number of benzene rings is 2. The molecule has 0 unspecified atom stereocenters. The summed E-state index contributed by atoms with van der Waals surface area (Å²) in [5, 5.41) is 4.70. The van der Waals surface area contributed by atoms with E-state index >= 15 is 0 Å². The minimum absolute atomic E-state index is 0.0317. The second-order valence-electron chi connectivity index (χ2n) is 6.39. The molecular formula is C20H19ClN4O. The van der Waals surface area contributed by atoms with Crippen LogP contribution in [0.1, 0.15) is 10.4 Å². The second-order valence-corrected chi connectivity index (χ2v) is 6.79. The molecule has 3 N–H and O–H groups in total. The summed E-state index contributed by atoms with van der Waals surface area (Å²) >= 11 is 6.46. The zero-order chi connectivity index (χ0) is 18.1. The molecule has 1 aliphatic heterocycles. The van der Waals surface area contributed by atoms with E-state index in [2.05, 4.69) is 5.32 Å². The van der Waals surface area contributed by atoms with Crippen molar-refractivity contribution < 1.29 is 4.79 Å². The first-order valence-corrected chi connectivity index (χ1v) is 8.96. The van der Waals surface area contributed by atoms with E-state index in [1.807, 2.05) is 53.4 Å². The van der Waals surface area contributed by atoms with Gasteiger partial charge in [-0.25, -0.2) is 4.98 Å². The van der Waals surface area contributed by atoms with Crippen LogP contribution in [0.4, 0.5) is 5.69 Å². The predicted molar refractivity (Wildman–Crippen MR) is 105 cm³/mol. The van der Waals surface area contributed by atoms with Crippen LogP contribution in [0.25, 0.3) is 22.2 Å². The number of nitrogens with one attached hydrogen (secondary N) is 1. The second kappa shape index (κ2) is 6.94. The molecule has 1 aromatic heterocycles. The monoisotopic (exact) mass is 366 g/mol. The molecule has 0 atom stereocenters. The van der Waals surface area contributed by atoms with Gasteiger partial charge in [0.1, 0.15) is 0 Å². The number of amides is 1. The largest absolute Gasteiger partial charge is 0.399 e. The zero-order valence-electron chi connectivity index (χ0n) is 14.2. The standard InChI is InChI=1S/C20H19ClN4O/c21-17-12-18(13-1-4-15(22)5-2-13)24-19-11-14(3-6-16(17)19)20(26)25-9-7-23-8-10-25/h1-6,11-12,23H,7-10,22H2. The molecule has 1 amide bonds. The number of piperazine rings is 1. The number of nitrogens with zero attached hydrogens (tertiary/aromatic N) is 2. The van der Waals surface area contributed by atoms with Gasteiger partial charge in [-0.15, -0.1) is 0 Å². The third-order valence-electron chi connectivity index (χ3n) is 4.62. The molecule has 0 radical (unpaired) electrons. The number of aromatic nitrogens is 1. The first kappa shape index (κ1) is 16.8. The summed E-state index contributed by atoms with van der Waals surface area (Å²) in [5.74, 6) is 0.0317. The number of pyridine rings is 1. The molecule has 0 spiro atoms. The van der Waals surface area contributed by atoms with Crippen LogP contribution < -0.4 is 11.1 Å². The van der Waals surface area contributed by atoms with Gasteiger partial charge in [0.15, 0.2) is 0 Å². The van der Waals surface area contributed by atoms with Crippen molar-refractivity contribution in [2.45, 2.75) is 0 Å². The van der Waals surface area contributed by atoms with E-state index in [1.54, 1.807) is 0 Å². The fourth-order valence-electron chi connectivity index (χ4n) is 3.17. The molecule has 0 saturated carbocycles. The molecule has 2 aromatic carbocycles. The lowest BCUT2D eigenvalue weighted by molar-refractivity contribution is 0.0736. The Bertz CT molecular complexity index is 965. The van der Waals surface area contributed by atoms with Crippen LogP contribution >= 0.6 is 11.6 Å². The van der Waals surface area contributed by atoms with E-state index in [-0.39, 0.29) is 5.91 Å². The van der Waals surface area contributed by atoms with E-state index in [0.29, 0.717) is 21.8 Å². The average molecular weight is 367 g/mol. The smallest absolute Gasteiger partial charge is 0.254 e. The van der Waals surface area contributed by atoms with E-state index in [9.17, 15) is 4.79 Å². The highest BCUT2D eigenvalue weighted by Crippen LogP contribution is 2.29. The van der Waals surface area contributed by atoms with Gasteiger partial charge in [0.2, 0.25) is 0 Å². The van der Waals surface area contributed by atoms with Gasteiger partial charge in [0.25, 0.3) is 5.91 Å². The van der Waals surface area contributed by atoms with Gasteiger partial charge in [-0.2, -0.15) is 0 Å². The molecule has 5 nitrogen and oxygen atoms in total. The average Bonchev–Trinajstić information content (AvgIpc) is 2.68. The number of carbonyl (C=O) groups excluding carboxylic acids is 1. The minimum atomic E-state index is 0.0317. The van der Waals surface area contributed by atoms with Crippen LogP contribution in [0.5, 0.6) is 0 Å². The molecule has 2 heterocycles. The van der Waals surface area contributed by atoms with Crippen LogP contribution in [0.2, 0.25) is 5.02 Å². The van der Waals surface area contributed by atoms with Crippen LogP contribution in [-0.4, -0.2) is 42.0 Å². The first-order chi connectivity index (χ1) is 12.6. The topological polar surface area (TPSA) is 71.2 Å². The summed E-state index contributed by atoms with van der Waals surface area (Å²) in [6.07, 6.45) is 0. The van der Waals surface area contributed by atoms with E-state index in [4.69, 9.17) is 22.3 Å². The van der Waals surface area contributed by atoms with Crippen LogP contribution in [0, 0.1) is 0 Å². The zero-order valence-corrected chi connectivity index (χ0v) is 15.0. The Labute approximate surface area is 156 Å². The van der Waals surface area contributed by atoms with E-state index in [0.717, 1.165) is 42.8 Å². The van der Waals surface area contributed by atoms with Crippen molar-refractivity contribution in [3.05, 3.63) is 59.1 Å². The number of fused-ring (bicyclic) bond motifs is 1. The summed E-state index contributed by atoms with van der Waals surface area (Å²) in [5.41, 5.74) is 9.50. The van der Waals surface area contributed by atoms with Gasteiger partial charge in [-0.3, -0.25) is 4.79 Å². The fourth-order valence-corrected chi connectivity index (χ4v) is 3.43. The number of hydrogen-bond acceptors (Lipinski definition) is 4. The Morgan fingerprint density at radius 1 is 1.08 bits per heavy atom. The molecule has 1 fully saturated rings. The molecule has 0 aliphatic carbocycles. The SMILES string of the molecule is Nc1ccc(-c2cc(Cl)c3ccc(C(=O)N4CCNCC4)cc3n2)cc1. The maximum absolute atomic E-state index is 12.7. The van der Waals surface area contributed by atoms with Gasteiger partial charge < -0.3 is 16.0 Å². The third kappa shape index (κ3) is 3.23. The molecular weight excluding hydrogens is 348 g/mol. The van der Waals surface area contributed by atoms with Crippen molar-refractivity contribution in [3.63, 3.8) is 0 Å². The highest BCUT2D eigenvalue weighted by atomic mass is 35.5. The summed E-state index contributed by atoms with van der Waals surface area (Å²) in [4.78, 5) is 19.3. The Morgan fingerprint density at radius 2 is 1.81 bits per heavy atom. The Hall–Kier alpha value is -2.63. The molecule has 1 aliphatic rings. The number of carbonyl (C=O) groups is 1. The van der Waals surface area contributed by atoms with Crippen molar-refractivity contribution in [3.8, 4) is 11.3 Å². The van der Waals surface area contributed by atoms with E-state index < -0.39 is 0 Å². The molecule has 26 heavy (non-hydrogen) atoms. The van der Waals surface area contributed by atoms with Gasteiger partial charge in [-0.1, -0.05) is 29.8 Å². The predicted octanol–water partition coefficient (Wildman–Crippen LogP) is 3.18. The number of nitrogens with two attached hydrogens (primary N) is 1. The summed E-state index contributed by atoms with van der Waals surface area (Å²) in [6, 6.07) is 14.8. The highest BCUT2D eigenvalue weighted by Gasteiger charge is 2.18. The normalized spacial score (nSPS) is 14.6. The lowest BCUT2D eigenvalue weighted by atomic mass is 10.1. The van der Waals surface area contributed by atoms with Gasteiger partial charge >= 0.3 is 0 Å². The van der Waals surface area contributed by atoms with Crippen LogP contribution in [0.15, 0.2) is 48.5 Å². The fraction of sp³-hybridized carbons (Fsp3) is 0.200. The Kier molecular flexibility index (Phi) is 4.49. The number of anilines is 1. The number of rotatable bonds is 2. The molecule has 4 rings (SSSR count). The quantitative estimate of drug-likeness (QED) is 0.683. The summed E-state index contributed by atoms with van der Waals surface area (Å²) in [7, 11) is 0. The van der Waals surface area contributed by atoms with Gasteiger partial charge in [0, 0.05) is 48.4 Å². The molecule has 0 bridgehead atoms. The maximum atomic E-state index is 12.7. The lowest BCUT2D eigenvalue weighted by Crippen LogP contribution is -2.46. The van der Waals surface area contributed by atoms with Crippen molar-refractivity contribution in [2.24, 2.45) is 0 Å². The van der Waals surface area contributed by atoms with Gasteiger partial charge in [-0.05, 0) is 30.3 Å². The molecule has 132 valence electrons. The molecule has 6 heteroatoms. The Morgan fingerprint density at radius 3 is 2.54 bits per heavy atom.